The summed E-state index contributed by atoms with van der Waals surface area (Å²) < 4.78 is 17.6. The van der Waals surface area contributed by atoms with Gasteiger partial charge in [0.1, 0.15) is 5.82 Å². The third-order valence-electron chi connectivity index (χ3n) is 1.97. The Morgan fingerprint density at radius 2 is 2.38 bits per heavy atom. The molecule has 0 saturated carbocycles. The molecule has 16 heavy (non-hydrogen) atoms. The van der Waals surface area contributed by atoms with Crippen LogP contribution in [0.4, 0.5) is 10.2 Å². The molecular formula is C11H15FN2O2. The molecule has 1 aromatic heterocycles. The number of halogens is 1. The van der Waals surface area contributed by atoms with Crippen molar-refractivity contribution in [2.75, 3.05) is 19.0 Å². The second-order valence-electron chi connectivity index (χ2n) is 3.66. The molecule has 0 radical (unpaired) electrons. The number of nitrogens with one attached hydrogen (secondary N) is 1. The number of hydrogen-bond donors (Lipinski definition) is 1. The maximum atomic E-state index is 12.7. The lowest BCUT2D eigenvalue weighted by molar-refractivity contribution is -0.117. The summed E-state index contributed by atoms with van der Waals surface area (Å²) in [5.41, 5.74) is 0. The summed E-state index contributed by atoms with van der Waals surface area (Å²) in [4.78, 5) is 15.0. The number of ether oxygens (including phenoxy) is 1. The van der Waals surface area contributed by atoms with Gasteiger partial charge in [0.05, 0.1) is 0 Å². The first kappa shape index (κ1) is 12.6. The van der Waals surface area contributed by atoms with Crippen molar-refractivity contribution in [2.24, 2.45) is 5.92 Å². The molecule has 88 valence electrons. The van der Waals surface area contributed by atoms with Crippen LogP contribution in [0.5, 0.6) is 0 Å². The lowest BCUT2D eigenvalue weighted by Crippen LogP contribution is -2.18. The van der Waals surface area contributed by atoms with Crippen LogP contribution in [-0.2, 0) is 9.53 Å². The lowest BCUT2D eigenvalue weighted by Gasteiger charge is -2.09. The first-order valence-corrected chi connectivity index (χ1v) is 5.03. The molecule has 0 bridgehead atoms. The second kappa shape index (κ2) is 6.17. The Morgan fingerprint density at radius 3 is 3.00 bits per heavy atom. The maximum absolute atomic E-state index is 12.7. The van der Waals surface area contributed by atoms with Gasteiger partial charge in [0, 0.05) is 20.1 Å². The minimum absolute atomic E-state index is 0.124. The summed E-state index contributed by atoms with van der Waals surface area (Å²) >= 11 is 0. The fourth-order valence-electron chi connectivity index (χ4n) is 1.33. The minimum Gasteiger partial charge on any atom is -0.384 e. The van der Waals surface area contributed by atoms with Gasteiger partial charge >= 0.3 is 0 Å². The number of amides is 1. The molecule has 5 heteroatoms. The molecule has 0 aliphatic carbocycles. The van der Waals surface area contributed by atoms with Gasteiger partial charge in [0.2, 0.25) is 11.9 Å². The van der Waals surface area contributed by atoms with E-state index in [0.29, 0.717) is 13.0 Å². The van der Waals surface area contributed by atoms with Crippen molar-refractivity contribution in [1.82, 2.24) is 4.98 Å². The molecule has 1 unspecified atom stereocenters. The molecule has 1 heterocycles. The van der Waals surface area contributed by atoms with Crippen LogP contribution in [0.1, 0.15) is 13.3 Å². The Labute approximate surface area is 93.8 Å². The second-order valence-corrected chi connectivity index (χ2v) is 3.66. The van der Waals surface area contributed by atoms with Crippen LogP contribution in [0.15, 0.2) is 18.2 Å². The molecule has 1 N–H and O–H groups in total. The largest absolute Gasteiger partial charge is 0.384 e. The van der Waals surface area contributed by atoms with Crippen molar-refractivity contribution in [3.8, 4) is 0 Å². The van der Waals surface area contributed by atoms with Gasteiger partial charge in [-0.05, 0) is 18.1 Å². The van der Waals surface area contributed by atoms with Gasteiger partial charge in [0.15, 0.2) is 0 Å². The van der Waals surface area contributed by atoms with Crippen LogP contribution in [0, 0.1) is 11.9 Å². The van der Waals surface area contributed by atoms with E-state index in [2.05, 4.69) is 10.3 Å². The van der Waals surface area contributed by atoms with Crippen LogP contribution < -0.4 is 5.32 Å². The predicted octanol–water partition coefficient (Wildman–Crippen LogP) is 1.83. The molecule has 1 atom stereocenters. The number of methoxy groups -OCH3 is 1. The van der Waals surface area contributed by atoms with Gasteiger partial charge in [-0.25, -0.2) is 4.98 Å². The zero-order valence-corrected chi connectivity index (χ0v) is 9.37. The number of hydrogen-bond acceptors (Lipinski definition) is 3. The quantitative estimate of drug-likeness (QED) is 0.779. The standard InChI is InChI=1S/C11H15FN2O2/c1-8(7-16-2)6-11(15)14-10-5-3-4-9(12)13-10/h3-5,8H,6-7H2,1-2H3,(H,13,14,15). The SMILES string of the molecule is COCC(C)CC(=O)Nc1cccc(F)n1. The monoisotopic (exact) mass is 226 g/mol. The number of aromatic nitrogens is 1. The van der Waals surface area contributed by atoms with E-state index in [1.165, 1.54) is 12.1 Å². The van der Waals surface area contributed by atoms with Gasteiger partial charge in [-0.1, -0.05) is 13.0 Å². The minimum atomic E-state index is -0.609. The number of anilines is 1. The Hall–Kier alpha value is -1.49. The molecule has 0 aliphatic heterocycles. The van der Waals surface area contributed by atoms with E-state index in [1.54, 1.807) is 13.2 Å². The molecular weight excluding hydrogens is 211 g/mol. The Balaban J connectivity index is 2.45. The molecule has 0 aliphatic rings. The predicted molar refractivity (Wildman–Crippen MR) is 58.5 cm³/mol. The average Bonchev–Trinajstić information content (AvgIpc) is 2.17. The summed E-state index contributed by atoms with van der Waals surface area (Å²) in [6.45, 7) is 2.42. The van der Waals surface area contributed by atoms with Crippen molar-refractivity contribution in [3.05, 3.63) is 24.1 Å². The van der Waals surface area contributed by atoms with Crippen molar-refractivity contribution in [2.45, 2.75) is 13.3 Å². The molecule has 0 saturated heterocycles. The number of rotatable bonds is 5. The molecule has 0 fully saturated rings. The van der Waals surface area contributed by atoms with Crippen LogP contribution >= 0.6 is 0 Å². The summed E-state index contributed by atoms with van der Waals surface area (Å²) in [5, 5.41) is 2.53. The Bertz CT molecular complexity index is 358. The number of carbonyl (C=O) groups is 1. The van der Waals surface area contributed by atoms with E-state index < -0.39 is 5.95 Å². The van der Waals surface area contributed by atoms with Gasteiger partial charge < -0.3 is 10.1 Å². The average molecular weight is 226 g/mol. The fourth-order valence-corrected chi connectivity index (χ4v) is 1.33. The van der Waals surface area contributed by atoms with Crippen molar-refractivity contribution >= 4 is 11.7 Å². The fraction of sp³-hybridized carbons (Fsp3) is 0.455. The van der Waals surface area contributed by atoms with E-state index in [-0.39, 0.29) is 17.6 Å². The van der Waals surface area contributed by atoms with Gasteiger partial charge in [0.25, 0.3) is 0 Å². The normalized spacial score (nSPS) is 12.2. The smallest absolute Gasteiger partial charge is 0.225 e. The molecule has 1 aromatic rings. The van der Waals surface area contributed by atoms with Crippen LogP contribution in [0.25, 0.3) is 0 Å². The maximum Gasteiger partial charge on any atom is 0.225 e. The highest BCUT2D eigenvalue weighted by atomic mass is 19.1. The van der Waals surface area contributed by atoms with Crippen LogP contribution in [0.3, 0.4) is 0 Å². The third-order valence-corrected chi connectivity index (χ3v) is 1.97. The van der Waals surface area contributed by atoms with Gasteiger partial charge in [-0.3, -0.25) is 4.79 Å². The van der Waals surface area contributed by atoms with Gasteiger partial charge in [-0.2, -0.15) is 4.39 Å². The lowest BCUT2D eigenvalue weighted by atomic mass is 10.1. The Kier molecular flexibility index (Phi) is 4.85. The number of carbonyl (C=O) groups excluding carboxylic acids is 1. The molecule has 0 spiro atoms. The highest BCUT2D eigenvalue weighted by molar-refractivity contribution is 5.89. The summed E-state index contributed by atoms with van der Waals surface area (Å²) in [6, 6.07) is 4.27. The van der Waals surface area contributed by atoms with E-state index in [4.69, 9.17) is 4.74 Å². The highest BCUT2D eigenvalue weighted by Crippen LogP contribution is 2.07. The Morgan fingerprint density at radius 1 is 1.62 bits per heavy atom. The van der Waals surface area contributed by atoms with Crippen molar-refractivity contribution < 1.29 is 13.9 Å². The third kappa shape index (κ3) is 4.35. The van der Waals surface area contributed by atoms with Crippen molar-refractivity contribution in [1.29, 1.82) is 0 Å². The zero-order valence-electron chi connectivity index (χ0n) is 9.37. The number of nitrogens with zero attached hydrogens (tertiary/aromatic N) is 1. The number of pyridine rings is 1. The van der Waals surface area contributed by atoms with Crippen LogP contribution in [-0.4, -0.2) is 24.6 Å². The van der Waals surface area contributed by atoms with Gasteiger partial charge in [-0.15, -0.1) is 0 Å². The molecule has 0 aromatic carbocycles. The van der Waals surface area contributed by atoms with E-state index in [0.717, 1.165) is 0 Å². The molecule has 1 amide bonds. The first-order valence-electron chi connectivity index (χ1n) is 5.03. The molecule has 1 rings (SSSR count). The van der Waals surface area contributed by atoms with E-state index in [9.17, 15) is 9.18 Å². The first-order chi connectivity index (χ1) is 7.61. The topological polar surface area (TPSA) is 51.2 Å². The zero-order chi connectivity index (χ0) is 12.0. The van der Waals surface area contributed by atoms with Crippen LogP contribution in [0.2, 0.25) is 0 Å². The van der Waals surface area contributed by atoms with Crippen molar-refractivity contribution in [3.63, 3.8) is 0 Å². The van der Waals surface area contributed by atoms with E-state index >= 15 is 0 Å². The van der Waals surface area contributed by atoms with E-state index in [1.807, 2.05) is 6.92 Å². The summed E-state index contributed by atoms with van der Waals surface area (Å²) in [5.74, 6) is -0.446. The highest BCUT2D eigenvalue weighted by Gasteiger charge is 2.09. The molecule has 4 nitrogen and oxygen atoms in total. The summed E-state index contributed by atoms with van der Waals surface area (Å²) in [6.07, 6.45) is 0.325. The summed E-state index contributed by atoms with van der Waals surface area (Å²) in [7, 11) is 1.59.